The molecule has 0 radical (unpaired) electrons. The summed E-state index contributed by atoms with van der Waals surface area (Å²) in [5, 5.41) is 8.56. The molecule has 1 aliphatic rings. The highest BCUT2D eigenvalue weighted by Gasteiger charge is 2.19. The summed E-state index contributed by atoms with van der Waals surface area (Å²) in [5.41, 5.74) is 0. The number of hydrogen-bond acceptors (Lipinski definition) is 5. The first-order chi connectivity index (χ1) is 9.36. The highest BCUT2D eigenvalue weighted by atomic mass is 32.2. The third-order valence-electron chi connectivity index (χ3n) is 3.40. The fourth-order valence-corrected chi connectivity index (χ4v) is 4.54. The van der Waals surface area contributed by atoms with Crippen LogP contribution < -0.4 is 5.32 Å². The monoisotopic (exact) mass is 293 g/mol. The second-order valence-electron chi connectivity index (χ2n) is 4.94. The van der Waals surface area contributed by atoms with E-state index in [-0.39, 0.29) is 0 Å². The van der Waals surface area contributed by atoms with Gasteiger partial charge >= 0.3 is 0 Å². The Kier molecular flexibility index (Phi) is 4.23. The predicted octanol–water partition coefficient (Wildman–Crippen LogP) is 4.55. The number of nitrogens with one attached hydrogen (secondary N) is 1. The summed E-state index contributed by atoms with van der Waals surface area (Å²) in [5.74, 6) is 0.789. The normalized spacial score (nSPS) is 16.3. The number of anilines is 1. The third kappa shape index (κ3) is 3.03. The van der Waals surface area contributed by atoms with E-state index in [9.17, 15) is 0 Å². The number of thioether (sulfide) groups is 1. The van der Waals surface area contributed by atoms with Gasteiger partial charge in [0.25, 0.3) is 0 Å². The predicted molar refractivity (Wildman–Crippen MR) is 84.3 cm³/mol. The Bertz CT molecular complexity index is 547. The highest BCUT2D eigenvalue weighted by Crippen LogP contribution is 2.38. The van der Waals surface area contributed by atoms with Crippen molar-refractivity contribution in [3.8, 4) is 0 Å². The molecule has 102 valence electrons. The Hall–Kier alpha value is -0.810. The topological polar surface area (TPSA) is 37.8 Å². The second-order valence-corrected chi connectivity index (χ2v) is 7.13. The smallest absolute Gasteiger partial charge is 0.225 e. The Labute approximate surface area is 122 Å². The number of nitrogens with zero attached hydrogens (tertiary/aromatic N) is 2. The Morgan fingerprint density at radius 1 is 1.37 bits per heavy atom. The zero-order valence-electron chi connectivity index (χ0n) is 11.2. The molecular formula is C14H19N3S2. The lowest BCUT2D eigenvalue weighted by Gasteiger charge is -2.10. The molecule has 2 heterocycles. The SMILES string of the molecule is CCCNc1nc(SC2CCCC2)c2ccsc2n1. The third-order valence-corrected chi connectivity index (χ3v) is 5.55. The van der Waals surface area contributed by atoms with Gasteiger partial charge in [-0.25, -0.2) is 9.97 Å². The molecule has 5 heteroatoms. The first kappa shape index (κ1) is 13.2. The van der Waals surface area contributed by atoms with Gasteiger partial charge in [-0.3, -0.25) is 0 Å². The molecule has 0 bridgehead atoms. The standard InChI is InChI=1S/C14H19N3S2/c1-2-8-15-14-16-12-11(7-9-18-12)13(17-14)19-10-5-3-4-6-10/h7,9-10H,2-6,8H2,1H3,(H,15,16,17). The Morgan fingerprint density at radius 2 is 2.21 bits per heavy atom. The molecule has 0 aromatic carbocycles. The van der Waals surface area contributed by atoms with Crippen LogP contribution in [0.15, 0.2) is 16.5 Å². The van der Waals surface area contributed by atoms with Crippen LogP contribution in [0.3, 0.4) is 0 Å². The van der Waals surface area contributed by atoms with Gasteiger partial charge in [-0.2, -0.15) is 0 Å². The first-order valence-corrected chi connectivity index (χ1v) is 8.78. The summed E-state index contributed by atoms with van der Waals surface area (Å²) in [7, 11) is 0. The average molecular weight is 293 g/mol. The first-order valence-electron chi connectivity index (χ1n) is 7.02. The van der Waals surface area contributed by atoms with Gasteiger partial charge in [-0.05, 0) is 30.7 Å². The van der Waals surface area contributed by atoms with Crippen molar-refractivity contribution in [2.45, 2.75) is 49.3 Å². The van der Waals surface area contributed by atoms with Gasteiger partial charge in [-0.1, -0.05) is 19.8 Å². The lowest BCUT2D eigenvalue weighted by molar-refractivity contribution is 0.886. The van der Waals surface area contributed by atoms with Crippen molar-refractivity contribution in [3.05, 3.63) is 11.4 Å². The van der Waals surface area contributed by atoms with Crippen LogP contribution in [0.25, 0.3) is 10.2 Å². The number of thiophene rings is 1. The van der Waals surface area contributed by atoms with Gasteiger partial charge in [0.05, 0.1) is 0 Å². The summed E-state index contributed by atoms with van der Waals surface area (Å²) >= 11 is 3.65. The van der Waals surface area contributed by atoms with E-state index in [2.05, 4.69) is 28.7 Å². The van der Waals surface area contributed by atoms with E-state index in [0.29, 0.717) is 0 Å². The van der Waals surface area contributed by atoms with Crippen molar-refractivity contribution in [2.24, 2.45) is 0 Å². The fraction of sp³-hybridized carbons (Fsp3) is 0.571. The van der Waals surface area contributed by atoms with Crippen molar-refractivity contribution in [1.82, 2.24) is 9.97 Å². The van der Waals surface area contributed by atoms with E-state index in [0.717, 1.165) is 34.0 Å². The fourth-order valence-electron chi connectivity index (χ4n) is 2.40. The van der Waals surface area contributed by atoms with Gasteiger partial charge in [0, 0.05) is 17.2 Å². The van der Waals surface area contributed by atoms with Crippen molar-refractivity contribution in [2.75, 3.05) is 11.9 Å². The Balaban J connectivity index is 1.88. The van der Waals surface area contributed by atoms with Crippen LogP contribution in [0.1, 0.15) is 39.0 Å². The van der Waals surface area contributed by atoms with Gasteiger partial charge in [-0.15, -0.1) is 23.1 Å². The van der Waals surface area contributed by atoms with Crippen LogP contribution in [0.4, 0.5) is 5.95 Å². The van der Waals surface area contributed by atoms with E-state index in [1.54, 1.807) is 11.3 Å². The molecule has 0 amide bonds. The number of rotatable bonds is 5. The number of aromatic nitrogens is 2. The molecule has 0 atom stereocenters. The van der Waals surface area contributed by atoms with Gasteiger partial charge < -0.3 is 5.32 Å². The molecule has 0 unspecified atom stereocenters. The molecule has 0 spiro atoms. The highest BCUT2D eigenvalue weighted by molar-refractivity contribution is 8.00. The Morgan fingerprint density at radius 3 is 3.00 bits per heavy atom. The summed E-state index contributed by atoms with van der Waals surface area (Å²) in [6.07, 6.45) is 6.50. The van der Waals surface area contributed by atoms with Crippen molar-refractivity contribution in [3.63, 3.8) is 0 Å². The molecular weight excluding hydrogens is 274 g/mol. The summed E-state index contributed by atoms with van der Waals surface area (Å²) < 4.78 is 0. The van der Waals surface area contributed by atoms with E-state index in [1.165, 1.54) is 31.1 Å². The maximum Gasteiger partial charge on any atom is 0.225 e. The van der Waals surface area contributed by atoms with E-state index in [4.69, 9.17) is 4.98 Å². The van der Waals surface area contributed by atoms with Crippen LogP contribution in [0, 0.1) is 0 Å². The zero-order valence-corrected chi connectivity index (χ0v) is 12.8. The van der Waals surface area contributed by atoms with Crippen molar-refractivity contribution >= 4 is 39.3 Å². The largest absolute Gasteiger partial charge is 0.354 e. The molecule has 1 fully saturated rings. The van der Waals surface area contributed by atoms with Gasteiger partial charge in [0.15, 0.2) is 0 Å². The second kappa shape index (κ2) is 6.09. The van der Waals surface area contributed by atoms with Crippen LogP contribution in [-0.2, 0) is 0 Å². The van der Waals surface area contributed by atoms with E-state index in [1.807, 2.05) is 11.8 Å². The zero-order chi connectivity index (χ0) is 13.1. The summed E-state index contributed by atoms with van der Waals surface area (Å²) in [4.78, 5) is 10.4. The van der Waals surface area contributed by atoms with E-state index < -0.39 is 0 Å². The number of fused-ring (bicyclic) bond motifs is 1. The lowest BCUT2D eigenvalue weighted by Crippen LogP contribution is -2.05. The van der Waals surface area contributed by atoms with Crippen molar-refractivity contribution in [1.29, 1.82) is 0 Å². The molecule has 0 aliphatic heterocycles. The van der Waals surface area contributed by atoms with Crippen LogP contribution in [0.2, 0.25) is 0 Å². The minimum atomic E-state index is 0.747. The van der Waals surface area contributed by atoms with Gasteiger partial charge in [0.2, 0.25) is 5.95 Å². The molecule has 2 aromatic rings. The lowest BCUT2D eigenvalue weighted by atomic mass is 10.4. The molecule has 3 nitrogen and oxygen atoms in total. The minimum Gasteiger partial charge on any atom is -0.354 e. The maximum absolute atomic E-state index is 4.72. The molecule has 1 N–H and O–H groups in total. The molecule has 1 aliphatic carbocycles. The average Bonchev–Trinajstić information content (AvgIpc) is 3.06. The molecule has 2 aromatic heterocycles. The minimum absolute atomic E-state index is 0.747. The van der Waals surface area contributed by atoms with Crippen LogP contribution in [0.5, 0.6) is 0 Å². The summed E-state index contributed by atoms with van der Waals surface area (Å²) in [6.45, 7) is 3.09. The quantitative estimate of drug-likeness (QED) is 0.821. The van der Waals surface area contributed by atoms with E-state index >= 15 is 0 Å². The molecule has 19 heavy (non-hydrogen) atoms. The van der Waals surface area contributed by atoms with Crippen LogP contribution in [-0.4, -0.2) is 21.8 Å². The van der Waals surface area contributed by atoms with Crippen LogP contribution >= 0.6 is 23.1 Å². The van der Waals surface area contributed by atoms with Crippen molar-refractivity contribution < 1.29 is 0 Å². The summed E-state index contributed by atoms with van der Waals surface area (Å²) in [6, 6.07) is 2.15. The molecule has 1 saturated carbocycles. The van der Waals surface area contributed by atoms with Gasteiger partial charge in [0.1, 0.15) is 9.86 Å². The maximum atomic E-state index is 4.72. The molecule has 3 rings (SSSR count). The number of hydrogen-bond donors (Lipinski definition) is 1. The molecule has 0 saturated heterocycles.